The average Bonchev–Trinajstić information content (AvgIpc) is 3.37. The van der Waals surface area contributed by atoms with Crippen molar-refractivity contribution in [3.8, 4) is 11.4 Å². The van der Waals surface area contributed by atoms with E-state index in [9.17, 15) is 18.0 Å². The van der Waals surface area contributed by atoms with Gasteiger partial charge in [-0.2, -0.15) is 18.3 Å². The normalized spacial score (nSPS) is 11.8. The number of hydrogen-bond donors (Lipinski definition) is 4. The maximum absolute atomic E-state index is 15.3. The van der Waals surface area contributed by atoms with Crippen LogP contribution in [-0.4, -0.2) is 42.9 Å². The van der Waals surface area contributed by atoms with Gasteiger partial charge in [0, 0.05) is 48.1 Å². The summed E-state index contributed by atoms with van der Waals surface area (Å²) in [5.74, 6) is -1.82. The molecule has 0 fully saturated rings. The smallest absolute Gasteiger partial charge is 0.475 e. The molecule has 5 aromatic rings. The van der Waals surface area contributed by atoms with Gasteiger partial charge in [-0.15, -0.1) is 0 Å². The lowest BCUT2D eigenvalue weighted by Gasteiger charge is -2.21. The van der Waals surface area contributed by atoms with E-state index >= 15 is 4.39 Å². The molecule has 3 aromatic carbocycles. The van der Waals surface area contributed by atoms with Crippen molar-refractivity contribution in [1.82, 2.24) is 19.7 Å². The van der Waals surface area contributed by atoms with E-state index in [1.165, 1.54) is 13.0 Å². The van der Waals surface area contributed by atoms with Crippen molar-refractivity contribution in [2.24, 2.45) is 7.05 Å². The molecule has 2 aromatic heterocycles. The predicted molar refractivity (Wildman–Crippen MR) is 162 cm³/mol. The van der Waals surface area contributed by atoms with Crippen molar-refractivity contribution in [3.05, 3.63) is 95.7 Å². The predicted octanol–water partition coefficient (Wildman–Crippen LogP) is 6.11. The van der Waals surface area contributed by atoms with Crippen LogP contribution in [0.1, 0.15) is 36.8 Å². The molecule has 1 atom stereocenters. The number of hydrogen-bond acceptors (Lipinski definition) is 7. The van der Waals surface area contributed by atoms with Crippen LogP contribution >= 0.6 is 0 Å². The SMILES string of the molecule is CCc1ccc(F)c(C(Nc2ccc3c(N)nccc3c2)c2nc(-c3cccc(NC(C)=O)c3)nn2C)c1.O=C(O)C(F)(F)F. The molecule has 0 aliphatic rings. The molecule has 0 aliphatic carbocycles. The zero-order valence-electron chi connectivity index (χ0n) is 24.4. The van der Waals surface area contributed by atoms with Gasteiger partial charge < -0.3 is 21.5 Å². The number of halogens is 4. The number of fused-ring (bicyclic) bond motifs is 1. The standard InChI is InChI=1S/C29H28FN7O.C2HF3O2/c1-4-18-8-11-25(30)24(14-18)26(34-22-9-10-23-19(15-22)12-13-32-27(23)31)29-35-28(36-37(29)3)20-6-5-7-21(16-20)33-17(2)38;3-2(4,5)1(6)7/h5-16,26,34H,4H2,1-3H3,(H2,31,32)(H,33,38);(H,6,7). The van der Waals surface area contributed by atoms with Gasteiger partial charge in [0.05, 0.1) is 0 Å². The highest BCUT2D eigenvalue weighted by Gasteiger charge is 2.38. The summed E-state index contributed by atoms with van der Waals surface area (Å²) in [6.45, 7) is 3.49. The number of nitrogen functional groups attached to an aromatic ring is 1. The first kappa shape index (κ1) is 32.4. The molecule has 10 nitrogen and oxygen atoms in total. The van der Waals surface area contributed by atoms with Crippen LogP contribution in [0.3, 0.4) is 0 Å². The molecular formula is C31H29F4N7O3. The van der Waals surface area contributed by atoms with Gasteiger partial charge in [-0.25, -0.2) is 19.2 Å². The Morgan fingerprint density at radius 2 is 1.78 bits per heavy atom. The fraction of sp³-hybridized carbons (Fsp3) is 0.194. The van der Waals surface area contributed by atoms with Gasteiger partial charge in [0.15, 0.2) is 11.6 Å². The Morgan fingerprint density at radius 3 is 2.44 bits per heavy atom. The molecular weight excluding hydrogens is 594 g/mol. The van der Waals surface area contributed by atoms with Crippen LogP contribution in [0, 0.1) is 5.82 Å². The molecule has 5 rings (SSSR count). The summed E-state index contributed by atoms with van der Waals surface area (Å²) in [5, 5.41) is 19.8. The van der Waals surface area contributed by atoms with Crippen LogP contribution in [-0.2, 0) is 23.1 Å². The van der Waals surface area contributed by atoms with Crippen LogP contribution in [0.2, 0.25) is 0 Å². The molecule has 1 unspecified atom stereocenters. The van der Waals surface area contributed by atoms with Crippen molar-refractivity contribution in [3.63, 3.8) is 0 Å². The molecule has 0 saturated carbocycles. The lowest BCUT2D eigenvalue weighted by molar-refractivity contribution is -0.192. The summed E-state index contributed by atoms with van der Waals surface area (Å²) in [6.07, 6.45) is -2.66. The molecule has 1 amide bonds. The summed E-state index contributed by atoms with van der Waals surface area (Å²) in [5.41, 5.74) is 9.65. The zero-order valence-corrected chi connectivity index (χ0v) is 24.4. The molecule has 0 saturated heterocycles. The Balaban J connectivity index is 0.000000591. The summed E-state index contributed by atoms with van der Waals surface area (Å²) in [7, 11) is 1.78. The highest BCUT2D eigenvalue weighted by Crippen LogP contribution is 2.32. The van der Waals surface area contributed by atoms with Gasteiger partial charge in [0.2, 0.25) is 5.91 Å². The van der Waals surface area contributed by atoms with Crippen molar-refractivity contribution in [1.29, 1.82) is 0 Å². The monoisotopic (exact) mass is 623 g/mol. The number of carbonyl (C=O) groups excluding carboxylic acids is 1. The average molecular weight is 624 g/mol. The van der Waals surface area contributed by atoms with Gasteiger partial charge in [-0.05, 0) is 59.8 Å². The number of alkyl halides is 3. The number of nitrogens with one attached hydrogen (secondary N) is 2. The quantitative estimate of drug-likeness (QED) is 0.159. The molecule has 234 valence electrons. The van der Waals surface area contributed by atoms with E-state index in [2.05, 4.69) is 20.7 Å². The van der Waals surface area contributed by atoms with E-state index in [0.29, 0.717) is 28.7 Å². The number of aliphatic carboxylic acids is 1. The number of carboxylic acid groups (broad SMARTS) is 1. The highest BCUT2D eigenvalue weighted by molar-refractivity contribution is 5.93. The second kappa shape index (κ2) is 13.4. The van der Waals surface area contributed by atoms with Crippen molar-refractivity contribution < 1.29 is 32.3 Å². The lowest BCUT2D eigenvalue weighted by Crippen LogP contribution is -2.21. The molecule has 45 heavy (non-hydrogen) atoms. The van der Waals surface area contributed by atoms with Crippen LogP contribution in [0.15, 0.2) is 72.9 Å². The van der Waals surface area contributed by atoms with Crippen LogP contribution in [0.5, 0.6) is 0 Å². The van der Waals surface area contributed by atoms with Crippen LogP contribution < -0.4 is 16.4 Å². The number of carboxylic acids is 1. The molecule has 0 bridgehead atoms. The minimum atomic E-state index is -5.08. The summed E-state index contributed by atoms with van der Waals surface area (Å²) in [6, 6.07) is 19.4. The minimum absolute atomic E-state index is 0.166. The topological polar surface area (TPSA) is 148 Å². The maximum atomic E-state index is 15.3. The molecule has 0 spiro atoms. The van der Waals surface area contributed by atoms with E-state index in [4.69, 9.17) is 20.6 Å². The van der Waals surface area contributed by atoms with Gasteiger partial charge >= 0.3 is 12.1 Å². The number of benzene rings is 3. The Kier molecular flexibility index (Phi) is 9.65. The number of amides is 1. The Bertz CT molecular complexity index is 1860. The number of nitrogens with zero attached hydrogens (tertiary/aromatic N) is 4. The van der Waals surface area contributed by atoms with Gasteiger partial charge in [0.25, 0.3) is 0 Å². The van der Waals surface area contributed by atoms with E-state index in [1.54, 1.807) is 30.1 Å². The third-order valence-electron chi connectivity index (χ3n) is 6.62. The number of nitrogens with two attached hydrogens (primary N) is 1. The van der Waals surface area contributed by atoms with E-state index in [-0.39, 0.29) is 11.7 Å². The number of carbonyl (C=O) groups is 2. The minimum Gasteiger partial charge on any atom is -0.475 e. The second-order valence-corrected chi connectivity index (χ2v) is 9.90. The number of anilines is 3. The van der Waals surface area contributed by atoms with Crippen molar-refractivity contribution >= 4 is 39.8 Å². The van der Waals surface area contributed by atoms with E-state index < -0.39 is 18.2 Å². The molecule has 0 aliphatic heterocycles. The molecule has 0 radical (unpaired) electrons. The van der Waals surface area contributed by atoms with Gasteiger partial charge in [0.1, 0.15) is 17.7 Å². The maximum Gasteiger partial charge on any atom is 0.490 e. The Morgan fingerprint density at radius 1 is 1.04 bits per heavy atom. The number of rotatable bonds is 7. The highest BCUT2D eigenvalue weighted by atomic mass is 19.4. The summed E-state index contributed by atoms with van der Waals surface area (Å²) >= 11 is 0. The molecule has 14 heteroatoms. The molecule has 5 N–H and O–H groups in total. The number of aromatic nitrogens is 4. The Hall–Kier alpha value is -5.53. The van der Waals surface area contributed by atoms with Crippen LogP contribution in [0.4, 0.5) is 34.8 Å². The van der Waals surface area contributed by atoms with Crippen molar-refractivity contribution in [2.45, 2.75) is 32.5 Å². The first-order valence-electron chi connectivity index (χ1n) is 13.5. The first-order chi connectivity index (χ1) is 21.3. The fourth-order valence-electron chi connectivity index (χ4n) is 4.48. The number of pyridine rings is 1. The zero-order chi connectivity index (χ0) is 32.9. The summed E-state index contributed by atoms with van der Waals surface area (Å²) < 4.78 is 48.7. The van der Waals surface area contributed by atoms with Gasteiger partial charge in [-0.3, -0.25) is 9.48 Å². The first-order valence-corrected chi connectivity index (χ1v) is 13.5. The van der Waals surface area contributed by atoms with Gasteiger partial charge in [-0.1, -0.05) is 31.2 Å². The number of aryl methyl sites for hydroxylation is 2. The second-order valence-electron chi connectivity index (χ2n) is 9.90. The molecule has 2 heterocycles. The van der Waals surface area contributed by atoms with Crippen molar-refractivity contribution in [2.75, 3.05) is 16.4 Å². The fourth-order valence-corrected chi connectivity index (χ4v) is 4.48. The van der Waals surface area contributed by atoms with E-state index in [0.717, 1.165) is 34.0 Å². The van der Waals surface area contributed by atoms with Crippen LogP contribution in [0.25, 0.3) is 22.2 Å². The summed E-state index contributed by atoms with van der Waals surface area (Å²) in [4.78, 5) is 29.4. The largest absolute Gasteiger partial charge is 0.490 e. The van der Waals surface area contributed by atoms with E-state index in [1.807, 2.05) is 55.5 Å². The third-order valence-corrected chi connectivity index (χ3v) is 6.62. The Labute approximate surface area is 254 Å². The lowest BCUT2D eigenvalue weighted by atomic mass is 10.0. The third kappa shape index (κ3) is 7.90.